The van der Waals surface area contributed by atoms with Crippen LogP contribution in [0.25, 0.3) is 0 Å². The van der Waals surface area contributed by atoms with Crippen LogP contribution in [-0.4, -0.2) is 73.5 Å². The Bertz CT molecular complexity index is 481. The summed E-state index contributed by atoms with van der Waals surface area (Å²) >= 11 is 0. The molecule has 2 rings (SSSR count). The lowest BCUT2D eigenvalue weighted by Gasteiger charge is -2.26. The number of hydrogen-bond acceptors (Lipinski definition) is 3. The van der Waals surface area contributed by atoms with Crippen LogP contribution >= 0.6 is 24.0 Å². The van der Waals surface area contributed by atoms with Crippen molar-refractivity contribution in [3.05, 3.63) is 0 Å². The largest absolute Gasteiger partial charge is 0.357 e. The Morgan fingerprint density at radius 3 is 2.57 bits per heavy atom. The molecule has 28 heavy (non-hydrogen) atoms. The van der Waals surface area contributed by atoms with Crippen LogP contribution in [0.3, 0.4) is 0 Å². The van der Waals surface area contributed by atoms with Gasteiger partial charge in [-0.15, -0.1) is 24.0 Å². The zero-order valence-electron chi connectivity index (χ0n) is 18.4. The number of nitrogens with one attached hydrogen (secondary N) is 2. The van der Waals surface area contributed by atoms with Gasteiger partial charge in [0.25, 0.3) is 0 Å². The Morgan fingerprint density at radius 2 is 1.93 bits per heavy atom. The molecule has 2 N–H and O–H groups in total. The fourth-order valence-electron chi connectivity index (χ4n) is 4.05. The number of likely N-dealkylation sites (N-methyl/N-ethyl adjacent to an activating group) is 1. The lowest BCUT2D eigenvalue weighted by Crippen LogP contribution is -2.46. The van der Waals surface area contributed by atoms with Gasteiger partial charge in [0.1, 0.15) is 0 Å². The molecule has 0 aromatic rings. The van der Waals surface area contributed by atoms with E-state index >= 15 is 0 Å². The zero-order chi connectivity index (χ0) is 19.6. The van der Waals surface area contributed by atoms with E-state index in [-0.39, 0.29) is 29.9 Å². The minimum Gasteiger partial charge on any atom is -0.357 e. The number of hydrogen-bond donors (Lipinski definition) is 2. The molecule has 2 unspecified atom stereocenters. The molecular weight excluding hydrogens is 465 g/mol. The first kappa shape index (κ1) is 25.5. The van der Waals surface area contributed by atoms with E-state index in [9.17, 15) is 4.79 Å². The Labute approximate surface area is 189 Å². The highest BCUT2D eigenvalue weighted by atomic mass is 127. The number of guanidine groups is 1. The molecular formula is C21H42IN5O. The van der Waals surface area contributed by atoms with Crippen molar-refractivity contribution < 1.29 is 4.79 Å². The first-order chi connectivity index (χ1) is 13.0. The van der Waals surface area contributed by atoms with E-state index in [1.807, 2.05) is 0 Å². The van der Waals surface area contributed by atoms with Gasteiger partial charge >= 0.3 is 0 Å². The number of carbonyl (C=O) groups is 1. The number of nitrogens with zero attached hydrogens (tertiary/aromatic N) is 3. The Morgan fingerprint density at radius 1 is 1.21 bits per heavy atom. The summed E-state index contributed by atoms with van der Waals surface area (Å²) in [6.45, 7) is 10.9. The molecule has 1 aliphatic carbocycles. The molecule has 1 saturated heterocycles. The molecule has 1 aliphatic heterocycles. The molecule has 6 nitrogen and oxygen atoms in total. The summed E-state index contributed by atoms with van der Waals surface area (Å²) in [6, 6.07) is 0.896. The van der Waals surface area contributed by atoms with Crippen molar-refractivity contribution in [3.63, 3.8) is 0 Å². The van der Waals surface area contributed by atoms with E-state index in [0.29, 0.717) is 18.0 Å². The Kier molecular flexibility index (Phi) is 12.4. The average molecular weight is 508 g/mol. The van der Waals surface area contributed by atoms with Crippen molar-refractivity contribution in [2.45, 2.75) is 77.8 Å². The maximum atomic E-state index is 12.7. The van der Waals surface area contributed by atoms with Crippen molar-refractivity contribution in [1.82, 2.24) is 20.4 Å². The fourth-order valence-corrected chi connectivity index (χ4v) is 4.05. The van der Waals surface area contributed by atoms with E-state index in [4.69, 9.17) is 4.99 Å². The minimum absolute atomic E-state index is 0. The quantitative estimate of drug-likeness (QED) is 0.301. The smallest absolute Gasteiger partial charge is 0.225 e. The van der Waals surface area contributed by atoms with Crippen LogP contribution in [0.15, 0.2) is 4.99 Å². The topological polar surface area (TPSA) is 60.0 Å². The van der Waals surface area contributed by atoms with Crippen LogP contribution in [0.4, 0.5) is 0 Å². The minimum atomic E-state index is 0. The van der Waals surface area contributed by atoms with Crippen LogP contribution in [0, 0.1) is 5.92 Å². The predicted octanol–water partition coefficient (Wildman–Crippen LogP) is 3.07. The number of carbonyl (C=O) groups excluding carboxylic acids is 1. The zero-order valence-corrected chi connectivity index (χ0v) is 20.7. The molecule has 0 radical (unpaired) electrons. The number of rotatable bonds is 8. The lowest BCUT2D eigenvalue weighted by atomic mass is 9.88. The van der Waals surface area contributed by atoms with E-state index in [1.165, 1.54) is 19.3 Å². The number of likely N-dealkylation sites (tertiary alicyclic amines) is 1. The molecule has 7 heteroatoms. The van der Waals surface area contributed by atoms with Crippen LogP contribution in [0.5, 0.6) is 0 Å². The number of amides is 1. The maximum Gasteiger partial charge on any atom is 0.225 e. The molecule has 2 atom stereocenters. The molecule has 1 amide bonds. The van der Waals surface area contributed by atoms with Crippen LogP contribution in [-0.2, 0) is 4.79 Å². The monoisotopic (exact) mass is 507 g/mol. The highest BCUT2D eigenvalue weighted by Gasteiger charge is 2.31. The summed E-state index contributed by atoms with van der Waals surface area (Å²) in [4.78, 5) is 21.9. The second-order valence-electron chi connectivity index (χ2n) is 8.25. The predicted molar refractivity (Wildman–Crippen MR) is 128 cm³/mol. The van der Waals surface area contributed by atoms with E-state index < -0.39 is 0 Å². The van der Waals surface area contributed by atoms with Gasteiger partial charge in [0.15, 0.2) is 5.96 Å². The first-order valence-corrected chi connectivity index (χ1v) is 11.1. The third-order valence-electron chi connectivity index (χ3n) is 6.21. The van der Waals surface area contributed by atoms with Crippen molar-refractivity contribution in [2.75, 3.05) is 39.8 Å². The highest BCUT2D eigenvalue weighted by molar-refractivity contribution is 14.0. The molecule has 0 spiro atoms. The van der Waals surface area contributed by atoms with E-state index in [2.05, 4.69) is 48.3 Å². The summed E-state index contributed by atoms with van der Waals surface area (Å²) in [5.74, 6) is 1.54. The van der Waals surface area contributed by atoms with E-state index in [0.717, 1.165) is 64.4 Å². The standard InChI is InChI=1S/C21H41N5O.HI/c1-5-17(3)25(4)15-13-23-21(22-6-2)24-19-12-14-26(16-19)20(27)18-10-8-7-9-11-18;/h17-19H,5-16H2,1-4H3,(H2,22,23,24);1H. The normalized spacial score (nSPS) is 22.1. The summed E-state index contributed by atoms with van der Waals surface area (Å²) < 4.78 is 0. The number of aliphatic imine (C=N–C) groups is 1. The second kappa shape index (κ2) is 13.6. The molecule has 1 saturated carbocycles. The van der Waals surface area contributed by atoms with Gasteiger partial charge in [-0.05, 0) is 46.6 Å². The van der Waals surface area contributed by atoms with Crippen molar-refractivity contribution in [1.29, 1.82) is 0 Å². The highest BCUT2D eigenvalue weighted by Crippen LogP contribution is 2.26. The summed E-state index contributed by atoms with van der Waals surface area (Å²) in [5.41, 5.74) is 0. The van der Waals surface area contributed by atoms with Gasteiger partial charge in [0.2, 0.25) is 5.91 Å². The van der Waals surface area contributed by atoms with Crippen LogP contribution in [0.1, 0.15) is 65.7 Å². The number of halogens is 1. The summed E-state index contributed by atoms with van der Waals surface area (Å²) in [5, 5.41) is 6.90. The third kappa shape index (κ3) is 8.05. The van der Waals surface area contributed by atoms with Gasteiger partial charge < -0.3 is 20.4 Å². The first-order valence-electron chi connectivity index (χ1n) is 11.1. The van der Waals surface area contributed by atoms with Crippen LogP contribution in [0.2, 0.25) is 0 Å². The van der Waals surface area contributed by atoms with Gasteiger partial charge in [0, 0.05) is 44.2 Å². The van der Waals surface area contributed by atoms with Gasteiger partial charge in [-0.1, -0.05) is 26.2 Å². The SMILES string of the molecule is CCNC(=NCCN(C)C(C)CC)NC1CCN(C(=O)C2CCCCC2)C1.I. The van der Waals surface area contributed by atoms with E-state index in [1.54, 1.807) is 0 Å². The van der Waals surface area contributed by atoms with Crippen molar-refractivity contribution >= 4 is 35.8 Å². The molecule has 1 heterocycles. The molecule has 0 bridgehead atoms. The molecule has 0 aromatic heterocycles. The van der Waals surface area contributed by atoms with Gasteiger partial charge in [-0.3, -0.25) is 9.79 Å². The van der Waals surface area contributed by atoms with Gasteiger partial charge in [-0.25, -0.2) is 0 Å². The van der Waals surface area contributed by atoms with Crippen molar-refractivity contribution in [2.24, 2.45) is 10.9 Å². The summed E-state index contributed by atoms with van der Waals surface area (Å²) in [6.07, 6.45) is 8.06. The molecule has 0 aromatic carbocycles. The van der Waals surface area contributed by atoms with Crippen LogP contribution < -0.4 is 10.6 Å². The van der Waals surface area contributed by atoms with Gasteiger partial charge in [-0.2, -0.15) is 0 Å². The fraction of sp³-hybridized carbons (Fsp3) is 0.905. The summed E-state index contributed by atoms with van der Waals surface area (Å²) in [7, 11) is 2.16. The Balaban J connectivity index is 0.00000392. The average Bonchev–Trinajstić information content (AvgIpc) is 3.15. The Hall–Kier alpha value is -0.570. The molecule has 164 valence electrons. The maximum absolute atomic E-state index is 12.7. The lowest BCUT2D eigenvalue weighted by molar-refractivity contribution is -0.135. The van der Waals surface area contributed by atoms with Crippen molar-refractivity contribution in [3.8, 4) is 0 Å². The third-order valence-corrected chi connectivity index (χ3v) is 6.21. The molecule has 2 fully saturated rings. The van der Waals surface area contributed by atoms with Gasteiger partial charge in [0.05, 0.1) is 6.54 Å². The second-order valence-corrected chi connectivity index (χ2v) is 8.25. The molecule has 2 aliphatic rings.